The summed E-state index contributed by atoms with van der Waals surface area (Å²) in [5, 5.41) is 9.32. The Hall–Kier alpha value is -1.59. The molecule has 1 N–H and O–H groups in total. The van der Waals surface area contributed by atoms with Gasteiger partial charge in [0.05, 0.1) is 13.7 Å². The summed E-state index contributed by atoms with van der Waals surface area (Å²) in [6.45, 7) is 0.0309. The van der Waals surface area contributed by atoms with Crippen LogP contribution in [0.3, 0.4) is 0 Å². The highest BCUT2D eigenvalue weighted by Gasteiger charge is 2.10. The topological polar surface area (TPSA) is 38.7 Å². The quantitative estimate of drug-likeness (QED) is 0.902. The van der Waals surface area contributed by atoms with Gasteiger partial charge >= 0.3 is 0 Å². The Kier molecular flexibility index (Phi) is 4.98. The number of para-hydroxylation sites is 1. The molecule has 0 aliphatic carbocycles. The van der Waals surface area contributed by atoms with Crippen LogP contribution in [0.2, 0.25) is 0 Å². The van der Waals surface area contributed by atoms with Gasteiger partial charge in [-0.25, -0.2) is 4.39 Å². The predicted octanol–water partition coefficient (Wildman–Crippen LogP) is 3.67. The summed E-state index contributed by atoms with van der Waals surface area (Å²) in [6, 6.07) is 9.83. The Morgan fingerprint density at radius 3 is 2.70 bits per heavy atom. The van der Waals surface area contributed by atoms with Gasteiger partial charge in [0.1, 0.15) is 12.4 Å². The molecule has 106 valence electrons. The Labute approximate surface area is 125 Å². The molecule has 2 aromatic carbocycles. The van der Waals surface area contributed by atoms with Crippen molar-refractivity contribution in [2.24, 2.45) is 0 Å². The smallest absolute Gasteiger partial charge is 0.167 e. The van der Waals surface area contributed by atoms with Crippen LogP contribution in [0.1, 0.15) is 11.1 Å². The summed E-state index contributed by atoms with van der Waals surface area (Å²) >= 11 is 3.24. The van der Waals surface area contributed by atoms with E-state index in [0.29, 0.717) is 27.1 Å². The Morgan fingerprint density at radius 1 is 1.25 bits per heavy atom. The third-order valence-electron chi connectivity index (χ3n) is 2.76. The minimum absolute atomic E-state index is 0.153. The van der Waals surface area contributed by atoms with E-state index < -0.39 is 0 Å². The fourth-order valence-electron chi connectivity index (χ4n) is 1.86. The molecule has 0 amide bonds. The molecule has 0 radical (unpaired) electrons. The molecular weight excluding hydrogens is 327 g/mol. The number of hydrogen-bond donors (Lipinski definition) is 1. The molecule has 20 heavy (non-hydrogen) atoms. The van der Waals surface area contributed by atoms with Crippen LogP contribution in [0.15, 0.2) is 40.9 Å². The first-order valence-electron chi connectivity index (χ1n) is 5.98. The molecule has 0 saturated carbocycles. The van der Waals surface area contributed by atoms with Crippen molar-refractivity contribution in [2.75, 3.05) is 7.11 Å². The van der Waals surface area contributed by atoms with Gasteiger partial charge in [0.15, 0.2) is 11.5 Å². The minimum Gasteiger partial charge on any atom is -0.493 e. The number of aliphatic hydroxyl groups is 1. The zero-order valence-electron chi connectivity index (χ0n) is 10.9. The van der Waals surface area contributed by atoms with Crippen LogP contribution in [0.25, 0.3) is 0 Å². The highest BCUT2D eigenvalue weighted by atomic mass is 79.9. The monoisotopic (exact) mass is 340 g/mol. The van der Waals surface area contributed by atoms with E-state index in [9.17, 15) is 9.50 Å². The fourth-order valence-corrected chi connectivity index (χ4v) is 2.37. The van der Waals surface area contributed by atoms with Crippen molar-refractivity contribution in [3.05, 3.63) is 57.8 Å². The van der Waals surface area contributed by atoms with E-state index in [4.69, 9.17) is 9.47 Å². The van der Waals surface area contributed by atoms with E-state index in [-0.39, 0.29) is 19.0 Å². The van der Waals surface area contributed by atoms with Crippen LogP contribution in [0.5, 0.6) is 11.5 Å². The summed E-state index contributed by atoms with van der Waals surface area (Å²) in [5.41, 5.74) is 1.31. The highest BCUT2D eigenvalue weighted by molar-refractivity contribution is 9.10. The molecule has 0 bridgehead atoms. The summed E-state index contributed by atoms with van der Waals surface area (Å²) < 4.78 is 24.8. The Bertz CT molecular complexity index is 559. The SMILES string of the molecule is COc1cccc(CO)c1OCc1cc(F)cc(Br)c1. The first kappa shape index (κ1) is 14.8. The first-order chi connectivity index (χ1) is 9.63. The van der Waals surface area contributed by atoms with Gasteiger partial charge in [-0.15, -0.1) is 0 Å². The maximum atomic E-state index is 13.3. The number of rotatable bonds is 5. The summed E-state index contributed by atoms with van der Waals surface area (Å²) in [4.78, 5) is 0. The van der Waals surface area contributed by atoms with Crippen molar-refractivity contribution in [3.8, 4) is 11.5 Å². The van der Waals surface area contributed by atoms with Gasteiger partial charge < -0.3 is 14.6 Å². The standard InChI is InChI=1S/C15H14BrFO3/c1-19-14-4-2-3-11(8-18)15(14)20-9-10-5-12(16)7-13(17)6-10/h2-7,18H,8-9H2,1H3. The van der Waals surface area contributed by atoms with E-state index in [1.807, 2.05) is 0 Å². The molecule has 2 rings (SSSR count). The highest BCUT2D eigenvalue weighted by Crippen LogP contribution is 2.32. The molecule has 0 saturated heterocycles. The molecule has 0 atom stereocenters. The van der Waals surface area contributed by atoms with Gasteiger partial charge in [0.25, 0.3) is 0 Å². The molecule has 0 unspecified atom stereocenters. The second-order valence-electron chi connectivity index (χ2n) is 4.17. The number of halogens is 2. The van der Waals surface area contributed by atoms with Crippen LogP contribution in [0.4, 0.5) is 4.39 Å². The van der Waals surface area contributed by atoms with E-state index in [2.05, 4.69) is 15.9 Å². The summed E-state index contributed by atoms with van der Waals surface area (Å²) in [6.07, 6.45) is 0. The van der Waals surface area contributed by atoms with Gasteiger partial charge in [0, 0.05) is 10.0 Å². The second-order valence-corrected chi connectivity index (χ2v) is 5.09. The molecule has 0 aliphatic heterocycles. The van der Waals surface area contributed by atoms with Crippen molar-refractivity contribution in [2.45, 2.75) is 13.2 Å². The lowest BCUT2D eigenvalue weighted by Gasteiger charge is -2.14. The molecule has 0 aliphatic rings. The van der Waals surface area contributed by atoms with E-state index in [1.165, 1.54) is 19.2 Å². The molecule has 3 nitrogen and oxygen atoms in total. The number of benzene rings is 2. The average molecular weight is 341 g/mol. The van der Waals surface area contributed by atoms with Crippen molar-refractivity contribution >= 4 is 15.9 Å². The van der Waals surface area contributed by atoms with E-state index >= 15 is 0 Å². The van der Waals surface area contributed by atoms with Crippen LogP contribution in [-0.2, 0) is 13.2 Å². The summed E-state index contributed by atoms with van der Waals surface area (Å²) in [7, 11) is 1.53. The van der Waals surface area contributed by atoms with Crippen LogP contribution < -0.4 is 9.47 Å². The van der Waals surface area contributed by atoms with Crippen LogP contribution in [0, 0.1) is 5.82 Å². The fraction of sp³-hybridized carbons (Fsp3) is 0.200. The van der Waals surface area contributed by atoms with Crippen LogP contribution >= 0.6 is 15.9 Å². The number of methoxy groups -OCH3 is 1. The van der Waals surface area contributed by atoms with Gasteiger partial charge in [-0.05, 0) is 29.8 Å². The van der Waals surface area contributed by atoms with Crippen molar-refractivity contribution in [3.63, 3.8) is 0 Å². The number of ether oxygens (including phenoxy) is 2. The minimum atomic E-state index is -0.333. The molecule has 0 fully saturated rings. The normalized spacial score (nSPS) is 10.4. The molecule has 0 spiro atoms. The number of hydrogen-bond acceptors (Lipinski definition) is 3. The molecular formula is C15H14BrFO3. The molecule has 0 aromatic heterocycles. The van der Waals surface area contributed by atoms with Gasteiger partial charge in [0.2, 0.25) is 0 Å². The second kappa shape index (κ2) is 6.72. The van der Waals surface area contributed by atoms with Crippen molar-refractivity contribution in [1.29, 1.82) is 0 Å². The molecule has 0 heterocycles. The zero-order chi connectivity index (χ0) is 14.5. The molecule has 5 heteroatoms. The Morgan fingerprint density at radius 2 is 2.05 bits per heavy atom. The van der Waals surface area contributed by atoms with E-state index in [1.54, 1.807) is 24.3 Å². The lowest BCUT2D eigenvalue weighted by molar-refractivity contribution is 0.249. The number of aliphatic hydroxyl groups excluding tert-OH is 1. The molecule has 2 aromatic rings. The maximum Gasteiger partial charge on any atom is 0.167 e. The largest absolute Gasteiger partial charge is 0.493 e. The van der Waals surface area contributed by atoms with Gasteiger partial charge in [-0.3, -0.25) is 0 Å². The third kappa shape index (κ3) is 3.49. The summed E-state index contributed by atoms with van der Waals surface area (Å²) in [5.74, 6) is 0.672. The van der Waals surface area contributed by atoms with Crippen LogP contribution in [-0.4, -0.2) is 12.2 Å². The van der Waals surface area contributed by atoms with Crippen molar-refractivity contribution < 1.29 is 19.0 Å². The lowest BCUT2D eigenvalue weighted by atomic mass is 10.2. The van der Waals surface area contributed by atoms with E-state index in [0.717, 1.165) is 0 Å². The zero-order valence-corrected chi connectivity index (χ0v) is 12.5. The van der Waals surface area contributed by atoms with Gasteiger partial charge in [-0.2, -0.15) is 0 Å². The Balaban J connectivity index is 2.22. The maximum absolute atomic E-state index is 13.3. The average Bonchev–Trinajstić information content (AvgIpc) is 2.43. The first-order valence-corrected chi connectivity index (χ1v) is 6.78. The van der Waals surface area contributed by atoms with Crippen molar-refractivity contribution in [1.82, 2.24) is 0 Å². The lowest BCUT2D eigenvalue weighted by Crippen LogP contribution is -2.01. The third-order valence-corrected chi connectivity index (χ3v) is 3.21. The predicted molar refractivity (Wildman–Crippen MR) is 77.3 cm³/mol. The van der Waals surface area contributed by atoms with Gasteiger partial charge in [-0.1, -0.05) is 28.1 Å².